The van der Waals surface area contributed by atoms with E-state index in [-0.39, 0.29) is 29.8 Å². The molecule has 1 aliphatic rings. The smallest absolute Gasteiger partial charge is 0.191 e. The summed E-state index contributed by atoms with van der Waals surface area (Å²) in [6.07, 6.45) is 7.19. The van der Waals surface area contributed by atoms with E-state index in [1.807, 2.05) is 13.0 Å². The average Bonchev–Trinajstić information content (AvgIpc) is 2.59. The largest absolute Gasteiger partial charge is 0.371 e. The number of halogens is 2. The Morgan fingerprint density at radius 2 is 2.12 bits per heavy atom. The zero-order valence-corrected chi connectivity index (χ0v) is 17.5. The van der Waals surface area contributed by atoms with Gasteiger partial charge in [0.1, 0.15) is 5.82 Å². The summed E-state index contributed by atoms with van der Waals surface area (Å²) in [6, 6.07) is 7.26. The van der Waals surface area contributed by atoms with Crippen LogP contribution in [0.15, 0.2) is 41.4 Å². The first-order valence-electron chi connectivity index (χ1n) is 8.89. The number of anilines is 1. The van der Waals surface area contributed by atoms with Crippen LogP contribution >= 0.6 is 24.0 Å². The third kappa shape index (κ3) is 7.63. The van der Waals surface area contributed by atoms with Crippen LogP contribution in [0.5, 0.6) is 0 Å². The molecule has 0 amide bonds. The molecular weight excluding hydrogens is 430 g/mol. The van der Waals surface area contributed by atoms with Crippen molar-refractivity contribution in [1.29, 1.82) is 0 Å². The Bertz CT molecular complexity index is 554. The van der Waals surface area contributed by atoms with Gasteiger partial charge in [0.2, 0.25) is 0 Å². The summed E-state index contributed by atoms with van der Waals surface area (Å²) in [4.78, 5) is 6.86. The van der Waals surface area contributed by atoms with Crippen LogP contribution in [-0.2, 0) is 0 Å². The predicted octanol–water partition coefficient (Wildman–Crippen LogP) is 3.93. The van der Waals surface area contributed by atoms with Gasteiger partial charge >= 0.3 is 0 Å². The molecule has 0 atom stereocenters. The lowest BCUT2D eigenvalue weighted by Gasteiger charge is -2.34. The van der Waals surface area contributed by atoms with Gasteiger partial charge in [0, 0.05) is 37.9 Å². The molecular formula is C19H30FIN4. The van der Waals surface area contributed by atoms with Crippen LogP contribution in [0.1, 0.15) is 33.1 Å². The third-order valence-electron chi connectivity index (χ3n) is 4.15. The van der Waals surface area contributed by atoms with E-state index < -0.39 is 0 Å². The van der Waals surface area contributed by atoms with Crippen LogP contribution in [0.2, 0.25) is 0 Å². The van der Waals surface area contributed by atoms with Crippen LogP contribution in [0.3, 0.4) is 0 Å². The van der Waals surface area contributed by atoms with Crippen molar-refractivity contribution in [2.75, 3.05) is 31.1 Å². The second-order valence-corrected chi connectivity index (χ2v) is 6.00. The number of piperidine rings is 1. The Balaban J connectivity index is 0.00000312. The molecule has 0 unspecified atom stereocenters. The second kappa shape index (κ2) is 12.1. The highest BCUT2D eigenvalue weighted by Crippen LogP contribution is 2.20. The average molecular weight is 460 g/mol. The van der Waals surface area contributed by atoms with Crippen molar-refractivity contribution in [1.82, 2.24) is 10.6 Å². The Labute approximate surface area is 168 Å². The van der Waals surface area contributed by atoms with Gasteiger partial charge in [0.05, 0.1) is 0 Å². The summed E-state index contributed by atoms with van der Waals surface area (Å²) in [5.74, 6) is 0.724. The summed E-state index contributed by atoms with van der Waals surface area (Å²) < 4.78 is 13.4. The second-order valence-electron chi connectivity index (χ2n) is 6.00. The quantitative estimate of drug-likeness (QED) is 0.222. The van der Waals surface area contributed by atoms with E-state index >= 15 is 0 Å². The molecule has 0 bridgehead atoms. The standard InChI is InChI=1S/C19H29FN4.HI/c1-3-5-6-12-22-19(21-4-2)23-17-10-13-24(14-11-17)18-9-7-8-16(20)15-18;/h3,5,7-9,15,17H,4,6,10-14H2,1-2H3,(H2,21,22,23);1H. The highest BCUT2D eigenvalue weighted by Gasteiger charge is 2.20. The van der Waals surface area contributed by atoms with Crippen LogP contribution in [0, 0.1) is 5.82 Å². The van der Waals surface area contributed by atoms with E-state index in [0.29, 0.717) is 6.04 Å². The molecule has 1 heterocycles. The number of guanidine groups is 1. The maximum absolute atomic E-state index is 13.4. The number of rotatable bonds is 6. The summed E-state index contributed by atoms with van der Waals surface area (Å²) in [7, 11) is 0. The lowest BCUT2D eigenvalue weighted by Crippen LogP contribution is -2.48. The van der Waals surface area contributed by atoms with Crippen LogP contribution < -0.4 is 15.5 Å². The Morgan fingerprint density at radius 3 is 2.76 bits per heavy atom. The van der Waals surface area contributed by atoms with E-state index in [9.17, 15) is 4.39 Å². The van der Waals surface area contributed by atoms with Crippen molar-refractivity contribution in [2.45, 2.75) is 39.2 Å². The predicted molar refractivity (Wildman–Crippen MR) is 116 cm³/mol. The zero-order chi connectivity index (χ0) is 17.2. The van der Waals surface area contributed by atoms with E-state index in [4.69, 9.17) is 0 Å². The number of hydrogen-bond donors (Lipinski definition) is 2. The number of benzene rings is 1. The van der Waals surface area contributed by atoms with Gasteiger partial charge in [0.15, 0.2) is 5.96 Å². The maximum Gasteiger partial charge on any atom is 0.191 e. The van der Waals surface area contributed by atoms with Crippen molar-refractivity contribution in [2.24, 2.45) is 4.99 Å². The minimum atomic E-state index is -0.171. The van der Waals surface area contributed by atoms with Crippen molar-refractivity contribution in [3.63, 3.8) is 0 Å². The van der Waals surface area contributed by atoms with Crippen LogP contribution in [0.25, 0.3) is 0 Å². The van der Waals surface area contributed by atoms with Gasteiger partial charge in [-0.15, -0.1) is 24.0 Å². The molecule has 140 valence electrons. The first-order valence-corrected chi connectivity index (χ1v) is 8.89. The highest BCUT2D eigenvalue weighted by atomic mass is 127. The number of aliphatic imine (C=N–C) groups is 1. The lowest BCUT2D eigenvalue weighted by atomic mass is 10.0. The molecule has 1 aromatic carbocycles. The van der Waals surface area contributed by atoms with Gasteiger partial charge in [-0.3, -0.25) is 4.99 Å². The summed E-state index contributed by atoms with van der Waals surface area (Å²) >= 11 is 0. The van der Waals surface area contributed by atoms with Gasteiger partial charge in [-0.2, -0.15) is 0 Å². The van der Waals surface area contributed by atoms with Gasteiger partial charge in [-0.05, 0) is 51.3 Å². The Hall–Kier alpha value is -1.31. The monoisotopic (exact) mass is 460 g/mol. The normalized spacial score (nSPS) is 16.0. The zero-order valence-electron chi connectivity index (χ0n) is 15.2. The fraction of sp³-hybridized carbons (Fsp3) is 0.526. The molecule has 1 saturated heterocycles. The van der Waals surface area contributed by atoms with E-state index in [1.54, 1.807) is 12.1 Å². The van der Waals surface area contributed by atoms with Gasteiger partial charge in [0.25, 0.3) is 0 Å². The minimum absolute atomic E-state index is 0. The topological polar surface area (TPSA) is 39.7 Å². The summed E-state index contributed by atoms with van der Waals surface area (Å²) in [5, 5.41) is 6.84. The number of nitrogens with one attached hydrogen (secondary N) is 2. The molecule has 1 fully saturated rings. The third-order valence-corrected chi connectivity index (χ3v) is 4.15. The van der Waals surface area contributed by atoms with Gasteiger partial charge in [-0.25, -0.2) is 4.39 Å². The molecule has 0 spiro atoms. The summed E-state index contributed by atoms with van der Waals surface area (Å²) in [5.41, 5.74) is 0.973. The molecule has 1 aliphatic heterocycles. The maximum atomic E-state index is 13.4. The summed E-state index contributed by atoms with van der Waals surface area (Å²) in [6.45, 7) is 7.62. The van der Waals surface area contributed by atoms with E-state index in [0.717, 1.165) is 57.1 Å². The molecule has 1 aromatic rings. The van der Waals surface area contributed by atoms with Crippen molar-refractivity contribution in [3.8, 4) is 0 Å². The lowest BCUT2D eigenvalue weighted by molar-refractivity contribution is 0.461. The molecule has 0 aliphatic carbocycles. The fourth-order valence-electron chi connectivity index (χ4n) is 2.89. The number of allylic oxidation sites excluding steroid dienone is 1. The van der Waals surface area contributed by atoms with Gasteiger partial charge < -0.3 is 15.5 Å². The minimum Gasteiger partial charge on any atom is -0.371 e. The highest BCUT2D eigenvalue weighted by molar-refractivity contribution is 14.0. The molecule has 0 radical (unpaired) electrons. The van der Waals surface area contributed by atoms with E-state index in [1.165, 1.54) is 6.07 Å². The Morgan fingerprint density at radius 1 is 1.36 bits per heavy atom. The fourth-order valence-corrected chi connectivity index (χ4v) is 2.89. The molecule has 25 heavy (non-hydrogen) atoms. The SMILES string of the molecule is CC=CCCN=C(NCC)NC1CCN(c2cccc(F)c2)CC1.I. The first-order chi connectivity index (χ1) is 11.7. The van der Waals surface area contributed by atoms with Crippen LogP contribution in [0.4, 0.5) is 10.1 Å². The molecule has 2 rings (SSSR count). The molecule has 2 N–H and O–H groups in total. The van der Waals surface area contributed by atoms with E-state index in [2.05, 4.69) is 39.6 Å². The van der Waals surface area contributed by atoms with Gasteiger partial charge in [-0.1, -0.05) is 18.2 Å². The number of hydrogen-bond acceptors (Lipinski definition) is 2. The number of nitrogens with zero attached hydrogens (tertiary/aromatic N) is 2. The van der Waals surface area contributed by atoms with Crippen molar-refractivity contribution >= 4 is 35.6 Å². The van der Waals surface area contributed by atoms with Crippen molar-refractivity contribution < 1.29 is 4.39 Å². The van der Waals surface area contributed by atoms with Crippen molar-refractivity contribution in [3.05, 3.63) is 42.2 Å². The Kier molecular flexibility index (Phi) is 10.5. The molecule has 6 heteroatoms. The molecule has 0 saturated carbocycles. The molecule has 4 nitrogen and oxygen atoms in total. The first kappa shape index (κ1) is 21.7. The van der Waals surface area contributed by atoms with Crippen LogP contribution in [-0.4, -0.2) is 38.2 Å². The molecule has 0 aromatic heterocycles.